The Labute approximate surface area is 119 Å². The minimum absolute atomic E-state index is 0.675. The molecule has 4 nitrogen and oxygen atoms in total. The lowest BCUT2D eigenvalue weighted by molar-refractivity contribution is 0.185. The van der Waals surface area contributed by atoms with Gasteiger partial charge in [-0.3, -0.25) is 4.68 Å². The lowest BCUT2D eigenvalue weighted by Gasteiger charge is -2.07. The standard InChI is InChI=1S/C16H21N3O/c1-2-4-14(5-3-1)11-19-12-16(10-18-19)9-17-8-15-6-7-20-13-15/h1-5,10,12,15,17H,6-9,11,13H2. The van der Waals surface area contributed by atoms with Crippen molar-refractivity contribution in [3.63, 3.8) is 0 Å². The molecule has 2 aromatic rings. The van der Waals surface area contributed by atoms with Crippen LogP contribution in [0.4, 0.5) is 0 Å². The largest absolute Gasteiger partial charge is 0.381 e. The van der Waals surface area contributed by atoms with Gasteiger partial charge < -0.3 is 10.1 Å². The van der Waals surface area contributed by atoms with Gasteiger partial charge >= 0.3 is 0 Å². The molecule has 1 fully saturated rings. The van der Waals surface area contributed by atoms with Crippen molar-refractivity contribution in [2.45, 2.75) is 19.5 Å². The van der Waals surface area contributed by atoms with E-state index in [0.717, 1.165) is 32.8 Å². The van der Waals surface area contributed by atoms with E-state index in [-0.39, 0.29) is 0 Å². The predicted molar refractivity (Wildman–Crippen MR) is 78.4 cm³/mol. The third kappa shape index (κ3) is 3.68. The van der Waals surface area contributed by atoms with E-state index < -0.39 is 0 Å². The van der Waals surface area contributed by atoms with Gasteiger partial charge in [-0.2, -0.15) is 5.10 Å². The van der Waals surface area contributed by atoms with Gasteiger partial charge in [-0.15, -0.1) is 0 Å². The molecule has 1 N–H and O–H groups in total. The zero-order valence-electron chi connectivity index (χ0n) is 11.7. The summed E-state index contributed by atoms with van der Waals surface area (Å²) < 4.78 is 7.36. The monoisotopic (exact) mass is 271 g/mol. The molecule has 1 aromatic heterocycles. The summed E-state index contributed by atoms with van der Waals surface area (Å²) in [7, 11) is 0. The van der Waals surface area contributed by atoms with Crippen LogP contribution in [0.15, 0.2) is 42.7 Å². The molecular formula is C16H21N3O. The van der Waals surface area contributed by atoms with Crippen LogP contribution in [0.2, 0.25) is 0 Å². The summed E-state index contributed by atoms with van der Waals surface area (Å²) in [4.78, 5) is 0. The molecule has 1 aliphatic rings. The number of hydrogen-bond acceptors (Lipinski definition) is 3. The first kappa shape index (κ1) is 13.3. The molecule has 0 saturated carbocycles. The number of ether oxygens (including phenoxy) is 1. The molecule has 1 aliphatic heterocycles. The number of nitrogens with one attached hydrogen (secondary N) is 1. The molecule has 0 spiro atoms. The highest BCUT2D eigenvalue weighted by atomic mass is 16.5. The zero-order valence-corrected chi connectivity index (χ0v) is 11.7. The fourth-order valence-electron chi connectivity index (χ4n) is 2.52. The second kappa shape index (κ2) is 6.68. The van der Waals surface area contributed by atoms with Gasteiger partial charge in [-0.05, 0) is 17.9 Å². The maximum absolute atomic E-state index is 5.37. The van der Waals surface area contributed by atoms with E-state index >= 15 is 0 Å². The van der Waals surface area contributed by atoms with Crippen molar-refractivity contribution >= 4 is 0 Å². The molecule has 106 valence electrons. The van der Waals surface area contributed by atoms with E-state index in [0.29, 0.717) is 5.92 Å². The van der Waals surface area contributed by atoms with Crippen LogP contribution in [0, 0.1) is 5.92 Å². The lowest BCUT2D eigenvalue weighted by Crippen LogP contribution is -2.22. The summed E-state index contributed by atoms with van der Waals surface area (Å²) in [5.41, 5.74) is 2.51. The summed E-state index contributed by atoms with van der Waals surface area (Å²) in [5.74, 6) is 0.675. The number of aromatic nitrogens is 2. The van der Waals surface area contributed by atoms with Gasteiger partial charge in [0.2, 0.25) is 0 Å². The molecule has 0 amide bonds. The molecule has 1 atom stereocenters. The van der Waals surface area contributed by atoms with Crippen LogP contribution < -0.4 is 5.32 Å². The van der Waals surface area contributed by atoms with Gasteiger partial charge in [-0.25, -0.2) is 0 Å². The van der Waals surface area contributed by atoms with E-state index in [9.17, 15) is 0 Å². The van der Waals surface area contributed by atoms with Crippen molar-refractivity contribution in [2.75, 3.05) is 19.8 Å². The summed E-state index contributed by atoms with van der Waals surface area (Å²) in [5, 5.41) is 7.90. The smallest absolute Gasteiger partial charge is 0.0659 e. The Hall–Kier alpha value is -1.65. The Morgan fingerprint density at radius 3 is 2.95 bits per heavy atom. The van der Waals surface area contributed by atoms with Crippen molar-refractivity contribution in [2.24, 2.45) is 5.92 Å². The average molecular weight is 271 g/mol. The van der Waals surface area contributed by atoms with Crippen molar-refractivity contribution in [3.05, 3.63) is 53.9 Å². The molecular weight excluding hydrogens is 250 g/mol. The van der Waals surface area contributed by atoms with Crippen LogP contribution in [-0.4, -0.2) is 29.5 Å². The van der Waals surface area contributed by atoms with Crippen LogP contribution >= 0.6 is 0 Å². The van der Waals surface area contributed by atoms with E-state index in [4.69, 9.17) is 4.74 Å². The Kier molecular flexibility index (Phi) is 4.46. The first-order chi connectivity index (χ1) is 9.90. The highest BCUT2D eigenvalue weighted by Crippen LogP contribution is 2.11. The Morgan fingerprint density at radius 2 is 2.15 bits per heavy atom. The Bertz CT molecular complexity index is 518. The highest BCUT2D eigenvalue weighted by Gasteiger charge is 2.14. The molecule has 1 saturated heterocycles. The van der Waals surface area contributed by atoms with Crippen molar-refractivity contribution < 1.29 is 4.74 Å². The second-order valence-corrected chi connectivity index (χ2v) is 5.39. The minimum atomic E-state index is 0.675. The zero-order chi connectivity index (χ0) is 13.6. The Balaban J connectivity index is 1.46. The van der Waals surface area contributed by atoms with Gasteiger partial charge in [0.25, 0.3) is 0 Å². The van der Waals surface area contributed by atoms with Gasteiger partial charge in [0, 0.05) is 31.5 Å². The summed E-state index contributed by atoms with van der Waals surface area (Å²) in [6.45, 7) is 4.56. The van der Waals surface area contributed by atoms with Crippen molar-refractivity contribution in [1.82, 2.24) is 15.1 Å². The summed E-state index contributed by atoms with van der Waals surface area (Å²) in [6, 6.07) is 10.4. The lowest BCUT2D eigenvalue weighted by atomic mass is 10.1. The molecule has 1 unspecified atom stereocenters. The number of hydrogen-bond donors (Lipinski definition) is 1. The maximum atomic E-state index is 5.37. The fraction of sp³-hybridized carbons (Fsp3) is 0.438. The molecule has 20 heavy (non-hydrogen) atoms. The van der Waals surface area contributed by atoms with E-state index in [1.165, 1.54) is 17.5 Å². The van der Waals surface area contributed by atoms with Gasteiger partial charge in [-0.1, -0.05) is 30.3 Å². The first-order valence-electron chi connectivity index (χ1n) is 7.24. The molecule has 1 aromatic carbocycles. The number of rotatable bonds is 6. The fourth-order valence-corrected chi connectivity index (χ4v) is 2.52. The van der Waals surface area contributed by atoms with Crippen LogP contribution in [0.25, 0.3) is 0 Å². The van der Waals surface area contributed by atoms with E-state index in [1.807, 2.05) is 16.9 Å². The topological polar surface area (TPSA) is 39.1 Å². The first-order valence-corrected chi connectivity index (χ1v) is 7.24. The number of benzene rings is 1. The molecule has 3 rings (SSSR count). The predicted octanol–water partition coefficient (Wildman–Crippen LogP) is 2.06. The molecule has 0 aliphatic carbocycles. The van der Waals surface area contributed by atoms with Crippen LogP contribution in [0.3, 0.4) is 0 Å². The molecule has 0 bridgehead atoms. The average Bonchev–Trinajstić information content (AvgIpc) is 3.12. The number of nitrogens with zero attached hydrogens (tertiary/aromatic N) is 2. The van der Waals surface area contributed by atoms with Gasteiger partial charge in [0.1, 0.15) is 0 Å². The maximum Gasteiger partial charge on any atom is 0.0659 e. The summed E-state index contributed by atoms with van der Waals surface area (Å²) in [6.07, 6.45) is 5.24. The third-order valence-electron chi connectivity index (χ3n) is 3.66. The van der Waals surface area contributed by atoms with Gasteiger partial charge in [0.15, 0.2) is 0 Å². The second-order valence-electron chi connectivity index (χ2n) is 5.39. The normalized spacial score (nSPS) is 18.5. The highest BCUT2D eigenvalue weighted by molar-refractivity contribution is 5.15. The van der Waals surface area contributed by atoms with Gasteiger partial charge in [0.05, 0.1) is 19.3 Å². The SMILES string of the molecule is c1ccc(Cn2cc(CNCC3CCOC3)cn2)cc1. The summed E-state index contributed by atoms with van der Waals surface area (Å²) >= 11 is 0. The van der Waals surface area contributed by atoms with Crippen LogP contribution in [0.5, 0.6) is 0 Å². The van der Waals surface area contributed by atoms with E-state index in [2.05, 4.69) is 40.9 Å². The Morgan fingerprint density at radius 1 is 1.25 bits per heavy atom. The molecule has 0 radical (unpaired) electrons. The minimum Gasteiger partial charge on any atom is -0.381 e. The molecule has 2 heterocycles. The third-order valence-corrected chi connectivity index (χ3v) is 3.66. The quantitative estimate of drug-likeness (QED) is 0.874. The van der Waals surface area contributed by atoms with Crippen molar-refractivity contribution in [3.8, 4) is 0 Å². The van der Waals surface area contributed by atoms with Crippen LogP contribution in [-0.2, 0) is 17.8 Å². The molecule has 4 heteroatoms. The van der Waals surface area contributed by atoms with Crippen molar-refractivity contribution in [1.29, 1.82) is 0 Å². The van der Waals surface area contributed by atoms with Crippen LogP contribution in [0.1, 0.15) is 17.5 Å². The van der Waals surface area contributed by atoms with E-state index in [1.54, 1.807) is 0 Å².